The maximum Gasteiger partial charge on any atom is 0.227 e. The van der Waals surface area contributed by atoms with Crippen LogP contribution in [0, 0.1) is 11.8 Å². The lowest BCUT2D eigenvalue weighted by Gasteiger charge is -2.38. The number of carbonyl (C=O) groups excluding carboxylic acids is 3. The minimum absolute atomic E-state index is 0.0107. The molecule has 2 aromatic heterocycles. The van der Waals surface area contributed by atoms with Crippen LogP contribution in [-0.4, -0.2) is 39.0 Å². The average molecular weight is 481 g/mol. The number of aromatic nitrogens is 2. The van der Waals surface area contributed by atoms with E-state index in [0.717, 1.165) is 37.7 Å². The zero-order valence-electron chi connectivity index (χ0n) is 19.5. The highest BCUT2D eigenvalue weighted by atomic mass is 32.1. The summed E-state index contributed by atoms with van der Waals surface area (Å²) in [5, 5.41) is 3.40. The highest BCUT2D eigenvalue weighted by Crippen LogP contribution is 2.37. The van der Waals surface area contributed by atoms with Crippen molar-refractivity contribution >= 4 is 34.1 Å². The van der Waals surface area contributed by atoms with Crippen molar-refractivity contribution in [1.82, 2.24) is 14.9 Å². The van der Waals surface area contributed by atoms with Crippen LogP contribution in [0.5, 0.6) is 0 Å². The zero-order valence-corrected chi connectivity index (χ0v) is 20.3. The van der Waals surface area contributed by atoms with E-state index in [2.05, 4.69) is 15.3 Å². The van der Waals surface area contributed by atoms with Crippen LogP contribution < -0.4 is 5.32 Å². The van der Waals surface area contributed by atoms with Gasteiger partial charge >= 0.3 is 0 Å². The second kappa shape index (κ2) is 10.3. The van der Waals surface area contributed by atoms with E-state index in [4.69, 9.17) is 0 Å². The number of ketones is 1. The third-order valence-electron chi connectivity index (χ3n) is 7.47. The topological polar surface area (TPSA) is 92.3 Å². The molecular weight excluding hydrogens is 448 g/mol. The number of carbonyl (C=O) groups is 3. The number of thiazole rings is 1. The van der Waals surface area contributed by atoms with Gasteiger partial charge < -0.3 is 10.2 Å². The summed E-state index contributed by atoms with van der Waals surface area (Å²) in [4.78, 5) is 50.4. The highest BCUT2D eigenvalue weighted by molar-refractivity contribution is 7.17. The van der Waals surface area contributed by atoms with E-state index in [0.29, 0.717) is 41.0 Å². The van der Waals surface area contributed by atoms with Crippen molar-refractivity contribution in [2.45, 2.75) is 76.7 Å². The Hall–Kier alpha value is -2.61. The summed E-state index contributed by atoms with van der Waals surface area (Å²) in [6.45, 7) is 0.704. The third-order valence-corrected chi connectivity index (χ3v) is 8.53. The molecule has 1 saturated heterocycles. The molecule has 34 heavy (non-hydrogen) atoms. The fraction of sp³-hybridized carbons (Fsp3) is 0.577. The smallest absolute Gasteiger partial charge is 0.227 e. The maximum atomic E-state index is 13.6. The number of fused-ring (bicyclic) bond motifs is 1. The molecule has 3 heterocycles. The molecule has 0 spiro atoms. The summed E-state index contributed by atoms with van der Waals surface area (Å²) < 4.78 is 0. The molecule has 0 aromatic carbocycles. The lowest BCUT2D eigenvalue weighted by atomic mass is 9.87. The number of Topliss-reactive ketones (excluding diaryl/α,β-unsaturated/α-hetero) is 1. The number of anilines is 1. The molecule has 180 valence electrons. The largest absolute Gasteiger partial charge is 0.335 e. The molecule has 1 N–H and O–H groups in total. The Kier molecular flexibility index (Phi) is 7.04. The van der Waals surface area contributed by atoms with Gasteiger partial charge in [-0.15, -0.1) is 0 Å². The molecule has 0 unspecified atom stereocenters. The van der Waals surface area contributed by atoms with Crippen LogP contribution in [0.4, 0.5) is 5.13 Å². The van der Waals surface area contributed by atoms with Crippen molar-refractivity contribution in [3.63, 3.8) is 0 Å². The molecule has 3 aliphatic rings. The zero-order chi connectivity index (χ0) is 23.5. The minimum Gasteiger partial charge on any atom is -0.335 e. The second-order valence-electron chi connectivity index (χ2n) is 9.91. The van der Waals surface area contributed by atoms with Gasteiger partial charge in [-0.05, 0) is 49.7 Å². The Balaban J connectivity index is 1.26. The summed E-state index contributed by atoms with van der Waals surface area (Å²) in [5.74, 6) is 0.0170. The molecule has 2 fully saturated rings. The van der Waals surface area contributed by atoms with Crippen molar-refractivity contribution in [3.05, 3.63) is 40.7 Å². The summed E-state index contributed by atoms with van der Waals surface area (Å²) in [6, 6.07) is 3.94. The van der Waals surface area contributed by atoms with E-state index >= 15 is 0 Å². The van der Waals surface area contributed by atoms with Crippen LogP contribution >= 0.6 is 11.3 Å². The summed E-state index contributed by atoms with van der Waals surface area (Å²) in [5.41, 5.74) is 1.71. The maximum absolute atomic E-state index is 13.6. The van der Waals surface area contributed by atoms with E-state index in [9.17, 15) is 14.4 Å². The first kappa shape index (κ1) is 23.1. The van der Waals surface area contributed by atoms with Crippen molar-refractivity contribution < 1.29 is 14.4 Å². The van der Waals surface area contributed by atoms with Crippen molar-refractivity contribution in [3.8, 4) is 0 Å². The van der Waals surface area contributed by atoms with Gasteiger partial charge in [0.25, 0.3) is 0 Å². The van der Waals surface area contributed by atoms with Gasteiger partial charge in [0, 0.05) is 38.2 Å². The lowest BCUT2D eigenvalue weighted by Crippen LogP contribution is -2.44. The molecule has 7 nitrogen and oxygen atoms in total. The number of pyridine rings is 1. The monoisotopic (exact) mass is 480 g/mol. The molecule has 0 bridgehead atoms. The second-order valence-corrected chi connectivity index (χ2v) is 10.9. The fourth-order valence-electron chi connectivity index (χ4n) is 5.73. The first-order chi connectivity index (χ1) is 16.6. The number of amides is 2. The van der Waals surface area contributed by atoms with E-state index in [1.807, 2.05) is 23.2 Å². The summed E-state index contributed by atoms with van der Waals surface area (Å²) in [6.07, 6.45) is 13.6. The molecule has 2 atom stereocenters. The Bertz CT molecular complexity index is 1050. The van der Waals surface area contributed by atoms with Crippen LogP contribution in [-0.2, 0) is 16.0 Å². The van der Waals surface area contributed by atoms with Crippen molar-refractivity contribution in [2.24, 2.45) is 11.8 Å². The van der Waals surface area contributed by atoms with E-state index < -0.39 is 5.92 Å². The number of rotatable bonds is 5. The predicted molar refractivity (Wildman–Crippen MR) is 131 cm³/mol. The number of hydrogen-bond acceptors (Lipinski definition) is 6. The quantitative estimate of drug-likeness (QED) is 0.654. The van der Waals surface area contributed by atoms with Gasteiger partial charge in [0.15, 0.2) is 10.9 Å². The normalized spacial score (nSPS) is 23.4. The molecule has 2 aliphatic carbocycles. The standard InChI is InChI=1S/C26H32N4O3S/c31-22-15-19(25(33)30-12-5-4-10-21(30)18-9-6-11-27-16-18)14-20-24(22)34-26(28-20)29-23(32)13-17-7-2-1-3-8-17/h6,9,11,16-17,19,21H,1-5,7-8,10,12-15H2,(H,28,29,32)/t19-,21+/m0/s1. The van der Waals surface area contributed by atoms with Crippen LogP contribution in [0.1, 0.15) is 91.2 Å². The van der Waals surface area contributed by atoms with Gasteiger partial charge in [-0.3, -0.25) is 19.4 Å². The van der Waals surface area contributed by atoms with Gasteiger partial charge in [-0.2, -0.15) is 0 Å². The van der Waals surface area contributed by atoms with Gasteiger partial charge in [-0.25, -0.2) is 4.98 Å². The van der Waals surface area contributed by atoms with Gasteiger partial charge in [0.1, 0.15) is 0 Å². The first-order valence-electron chi connectivity index (χ1n) is 12.6. The van der Waals surface area contributed by atoms with Gasteiger partial charge in [0.2, 0.25) is 11.8 Å². The molecular formula is C26H32N4O3S. The molecule has 5 rings (SSSR count). The molecule has 8 heteroatoms. The first-order valence-corrected chi connectivity index (χ1v) is 13.4. The molecule has 2 amide bonds. The van der Waals surface area contributed by atoms with Gasteiger partial charge in [0.05, 0.1) is 22.5 Å². The van der Waals surface area contributed by atoms with Crippen molar-refractivity contribution in [2.75, 3.05) is 11.9 Å². The Morgan fingerprint density at radius 3 is 2.71 bits per heavy atom. The van der Waals surface area contributed by atoms with Crippen LogP contribution in [0.25, 0.3) is 0 Å². The van der Waals surface area contributed by atoms with E-state index in [1.165, 1.54) is 30.6 Å². The highest BCUT2D eigenvalue weighted by Gasteiger charge is 2.38. The third kappa shape index (κ3) is 5.06. The Labute approximate surface area is 204 Å². The number of nitrogens with zero attached hydrogens (tertiary/aromatic N) is 3. The van der Waals surface area contributed by atoms with Crippen LogP contribution in [0.3, 0.4) is 0 Å². The molecule has 2 aromatic rings. The number of hydrogen-bond donors (Lipinski definition) is 1. The van der Waals surface area contributed by atoms with Crippen LogP contribution in [0.2, 0.25) is 0 Å². The average Bonchev–Trinajstić information content (AvgIpc) is 3.27. The predicted octanol–water partition coefficient (Wildman–Crippen LogP) is 4.95. The summed E-state index contributed by atoms with van der Waals surface area (Å²) >= 11 is 1.25. The SMILES string of the molecule is O=C(CC1CCCCC1)Nc1nc2c(s1)C(=O)C[C@@H](C(=O)N1CCCC[C@@H]1c1cccnc1)C2. The van der Waals surface area contributed by atoms with E-state index in [-0.39, 0.29) is 30.1 Å². The van der Waals surface area contributed by atoms with Crippen molar-refractivity contribution in [1.29, 1.82) is 0 Å². The van der Waals surface area contributed by atoms with Gasteiger partial charge in [-0.1, -0.05) is 36.7 Å². The Morgan fingerprint density at radius 1 is 1.09 bits per heavy atom. The van der Waals surface area contributed by atoms with Crippen LogP contribution in [0.15, 0.2) is 24.5 Å². The molecule has 1 saturated carbocycles. The number of likely N-dealkylation sites (tertiary alicyclic amines) is 1. The minimum atomic E-state index is -0.398. The molecule has 0 radical (unpaired) electrons. The van der Waals surface area contributed by atoms with E-state index in [1.54, 1.807) is 6.20 Å². The summed E-state index contributed by atoms with van der Waals surface area (Å²) in [7, 11) is 0. The lowest BCUT2D eigenvalue weighted by molar-refractivity contribution is -0.139. The number of nitrogens with one attached hydrogen (secondary N) is 1. The number of piperidine rings is 1. The molecule has 1 aliphatic heterocycles. The fourth-order valence-corrected chi connectivity index (χ4v) is 6.69. The Morgan fingerprint density at radius 2 is 1.91 bits per heavy atom.